The lowest BCUT2D eigenvalue weighted by Gasteiger charge is -2.07. The molecule has 1 heterocycles. The van der Waals surface area contributed by atoms with Crippen LogP contribution in [0.1, 0.15) is 25.2 Å². The number of nitrogens with zero attached hydrogens (tertiary/aromatic N) is 2. The second-order valence-corrected chi connectivity index (χ2v) is 6.30. The number of aryl methyl sites for hydroxylation is 2. The molecule has 0 fully saturated rings. The van der Waals surface area contributed by atoms with Crippen molar-refractivity contribution in [3.63, 3.8) is 0 Å². The number of halogens is 1. The predicted molar refractivity (Wildman–Crippen MR) is 83.3 cm³/mol. The Kier molecular flexibility index (Phi) is 4.83. The van der Waals surface area contributed by atoms with Crippen LogP contribution in [0.25, 0.3) is 0 Å². The zero-order valence-electron chi connectivity index (χ0n) is 11.6. The number of nitrogens with two attached hydrogens (primary N) is 1. The fraction of sp³-hybridized carbons (Fsp3) is 0.357. The van der Waals surface area contributed by atoms with Crippen molar-refractivity contribution < 1.29 is 4.21 Å². The summed E-state index contributed by atoms with van der Waals surface area (Å²) in [7, 11) is -1.20. The van der Waals surface area contributed by atoms with Crippen molar-refractivity contribution in [3.8, 4) is 0 Å². The van der Waals surface area contributed by atoms with E-state index in [1.54, 1.807) is 18.2 Å². The summed E-state index contributed by atoms with van der Waals surface area (Å²) < 4.78 is 14.3. The van der Waals surface area contributed by atoms with Crippen LogP contribution in [0.2, 0.25) is 5.02 Å². The Morgan fingerprint density at radius 1 is 1.35 bits per heavy atom. The quantitative estimate of drug-likeness (QED) is 0.863. The van der Waals surface area contributed by atoms with E-state index >= 15 is 0 Å². The van der Waals surface area contributed by atoms with Crippen molar-refractivity contribution in [3.05, 3.63) is 40.7 Å². The van der Waals surface area contributed by atoms with Gasteiger partial charge in [-0.15, -0.1) is 0 Å². The van der Waals surface area contributed by atoms with E-state index in [0.29, 0.717) is 21.4 Å². The van der Waals surface area contributed by atoms with E-state index in [2.05, 4.69) is 12.0 Å². The highest BCUT2D eigenvalue weighted by Gasteiger charge is 2.13. The number of anilines is 1. The monoisotopic (exact) mass is 311 g/mol. The standard InChI is InChI=1S/C14H18ClN3OS/c1-3-11-8-12(18(4-2)17-11)9-20(19)14-6-5-10(16)7-13(14)15/h5-8H,3-4,9,16H2,1-2H3. The number of rotatable bonds is 5. The van der Waals surface area contributed by atoms with Gasteiger partial charge in [-0.25, -0.2) is 0 Å². The first kappa shape index (κ1) is 15.1. The topological polar surface area (TPSA) is 60.9 Å². The maximum Gasteiger partial charge on any atom is 0.0703 e. The maximum absolute atomic E-state index is 12.5. The van der Waals surface area contributed by atoms with Gasteiger partial charge in [0.2, 0.25) is 0 Å². The molecule has 1 atom stereocenters. The average Bonchev–Trinajstić information content (AvgIpc) is 2.80. The average molecular weight is 312 g/mol. The lowest BCUT2D eigenvalue weighted by Crippen LogP contribution is -2.06. The Hall–Kier alpha value is -1.33. The fourth-order valence-electron chi connectivity index (χ4n) is 1.99. The van der Waals surface area contributed by atoms with Crippen molar-refractivity contribution in [1.82, 2.24) is 9.78 Å². The summed E-state index contributed by atoms with van der Waals surface area (Å²) in [4.78, 5) is 0.614. The molecule has 2 aromatic rings. The van der Waals surface area contributed by atoms with E-state index in [1.165, 1.54) is 0 Å². The highest BCUT2D eigenvalue weighted by atomic mass is 35.5. The van der Waals surface area contributed by atoms with Gasteiger partial charge in [0.1, 0.15) is 0 Å². The highest BCUT2D eigenvalue weighted by Crippen LogP contribution is 2.24. The van der Waals surface area contributed by atoms with Gasteiger partial charge < -0.3 is 5.73 Å². The third-order valence-electron chi connectivity index (χ3n) is 3.06. The smallest absolute Gasteiger partial charge is 0.0703 e. The van der Waals surface area contributed by atoms with Gasteiger partial charge in [-0.2, -0.15) is 5.10 Å². The largest absolute Gasteiger partial charge is 0.399 e. The Morgan fingerprint density at radius 3 is 2.70 bits per heavy atom. The first-order chi connectivity index (χ1) is 9.55. The lowest BCUT2D eigenvalue weighted by molar-refractivity contribution is 0.623. The van der Waals surface area contributed by atoms with Crippen LogP contribution in [-0.2, 0) is 29.5 Å². The molecular weight excluding hydrogens is 294 g/mol. The molecule has 0 bridgehead atoms. The van der Waals surface area contributed by atoms with Crippen LogP contribution >= 0.6 is 11.6 Å². The highest BCUT2D eigenvalue weighted by molar-refractivity contribution is 7.84. The summed E-state index contributed by atoms with van der Waals surface area (Å²) in [5, 5.41) is 4.91. The molecule has 1 unspecified atom stereocenters. The predicted octanol–water partition coefficient (Wildman–Crippen LogP) is 3.01. The van der Waals surface area contributed by atoms with E-state index in [4.69, 9.17) is 17.3 Å². The third-order valence-corrected chi connectivity index (χ3v) is 4.89. The molecule has 0 aliphatic rings. The summed E-state index contributed by atoms with van der Waals surface area (Å²) in [6.45, 7) is 4.84. The molecule has 0 aliphatic heterocycles. The van der Waals surface area contributed by atoms with Gasteiger partial charge >= 0.3 is 0 Å². The summed E-state index contributed by atoms with van der Waals surface area (Å²) in [6.07, 6.45) is 0.870. The molecule has 0 radical (unpaired) electrons. The molecule has 108 valence electrons. The summed E-state index contributed by atoms with van der Waals surface area (Å²) in [5.74, 6) is 0.407. The zero-order chi connectivity index (χ0) is 14.7. The molecule has 0 spiro atoms. The molecule has 2 N–H and O–H groups in total. The molecule has 0 aliphatic carbocycles. The SMILES string of the molecule is CCc1cc(CS(=O)c2ccc(N)cc2Cl)n(CC)n1. The molecular formula is C14H18ClN3OS. The number of hydrogen-bond acceptors (Lipinski definition) is 3. The number of hydrogen-bond donors (Lipinski definition) is 1. The fourth-order valence-corrected chi connectivity index (χ4v) is 3.59. The van der Waals surface area contributed by atoms with Crippen LogP contribution in [0.5, 0.6) is 0 Å². The van der Waals surface area contributed by atoms with Crippen molar-refractivity contribution >= 4 is 28.1 Å². The molecule has 2 rings (SSSR count). The van der Waals surface area contributed by atoms with Gasteiger partial charge in [0.25, 0.3) is 0 Å². The van der Waals surface area contributed by atoms with Crippen molar-refractivity contribution in [1.29, 1.82) is 0 Å². The van der Waals surface area contributed by atoms with E-state index in [1.807, 2.05) is 17.7 Å². The Bertz CT molecular complexity index is 639. The van der Waals surface area contributed by atoms with E-state index in [9.17, 15) is 4.21 Å². The van der Waals surface area contributed by atoms with Gasteiger partial charge in [-0.05, 0) is 37.6 Å². The molecule has 0 saturated heterocycles. The van der Waals surface area contributed by atoms with Gasteiger partial charge in [-0.1, -0.05) is 18.5 Å². The first-order valence-electron chi connectivity index (χ1n) is 6.54. The summed E-state index contributed by atoms with van der Waals surface area (Å²) in [5.41, 5.74) is 8.21. The molecule has 6 heteroatoms. The molecule has 0 saturated carbocycles. The molecule has 4 nitrogen and oxygen atoms in total. The van der Waals surface area contributed by atoms with Gasteiger partial charge in [-0.3, -0.25) is 8.89 Å². The van der Waals surface area contributed by atoms with Crippen LogP contribution in [0.3, 0.4) is 0 Å². The molecule has 1 aromatic heterocycles. The van der Waals surface area contributed by atoms with Crippen molar-refractivity contribution in [2.24, 2.45) is 0 Å². The Labute approximate surface area is 126 Å². The van der Waals surface area contributed by atoms with Crippen LogP contribution in [0.15, 0.2) is 29.2 Å². The van der Waals surface area contributed by atoms with E-state index < -0.39 is 10.8 Å². The third kappa shape index (κ3) is 3.22. The van der Waals surface area contributed by atoms with Crippen molar-refractivity contribution in [2.45, 2.75) is 37.5 Å². The minimum atomic E-state index is -1.20. The summed E-state index contributed by atoms with van der Waals surface area (Å²) in [6, 6.07) is 7.07. The lowest BCUT2D eigenvalue weighted by atomic mass is 10.3. The minimum absolute atomic E-state index is 0.407. The van der Waals surface area contributed by atoms with Gasteiger partial charge in [0, 0.05) is 12.2 Å². The molecule has 0 amide bonds. The Balaban J connectivity index is 2.25. The van der Waals surface area contributed by atoms with E-state index in [-0.39, 0.29) is 0 Å². The van der Waals surface area contributed by atoms with Gasteiger partial charge in [0.15, 0.2) is 0 Å². The maximum atomic E-state index is 12.5. The van der Waals surface area contributed by atoms with Crippen LogP contribution in [0, 0.1) is 0 Å². The number of aromatic nitrogens is 2. The van der Waals surface area contributed by atoms with Gasteiger partial charge in [0.05, 0.1) is 37.9 Å². The number of benzene rings is 1. The van der Waals surface area contributed by atoms with Crippen LogP contribution in [-0.4, -0.2) is 14.0 Å². The Morgan fingerprint density at radius 2 is 2.10 bits per heavy atom. The minimum Gasteiger partial charge on any atom is -0.399 e. The molecule has 20 heavy (non-hydrogen) atoms. The normalized spacial score (nSPS) is 12.6. The zero-order valence-corrected chi connectivity index (χ0v) is 13.2. The second kappa shape index (κ2) is 6.41. The summed E-state index contributed by atoms with van der Waals surface area (Å²) >= 11 is 6.10. The number of nitrogen functional groups attached to an aromatic ring is 1. The van der Waals surface area contributed by atoms with Crippen LogP contribution in [0.4, 0.5) is 5.69 Å². The van der Waals surface area contributed by atoms with E-state index in [0.717, 1.165) is 24.4 Å². The second-order valence-electron chi connectivity index (χ2n) is 4.48. The molecule has 1 aromatic carbocycles. The van der Waals surface area contributed by atoms with Crippen LogP contribution < -0.4 is 5.73 Å². The first-order valence-corrected chi connectivity index (χ1v) is 8.23. The van der Waals surface area contributed by atoms with Crippen molar-refractivity contribution in [2.75, 3.05) is 5.73 Å².